The van der Waals surface area contributed by atoms with Crippen LogP contribution in [0.1, 0.15) is 31.9 Å². The van der Waals surface area contributed by atoms with E-state index in [4.69, 9.17) is 0 Å². The second-order valence-electron chi connectivity index (χ2n) is 9.00. The Balaban J connectivity index is 1.40. The number of nitrogens with zero attached hydrogens (tertiary/aromatic N) is 6. The van der Waals surface area contributed by atoms with Crippen molar-refractivity contribution in [3.63, 3.8) is 0 Å². The van der Waals surface area contributed by atoms with Crippen molar-refractivity contribution in [2.45, 2.75) is 32.7 Å². The van der Waals surface area contributed by atoms with Crippen LogP contribution in [0.15, 0.2) is 42.9 Å². The minimum Gasteiger partial charge on any atom is -0.342 e. The summed E-state index contributed by atoms with van der Waals surface area (Å²) in [6, 6.07) is 7.95. The first-order chi connectivity index (χ1) is 14.7. The molecule has 1 atom stereocenters. The zero-order valence-electron chi connectivity index (χ0n) is 17.7. The fourth-order valence-corrected chi connectivity index (χ4v) is 5.94. The number of fused-ring (bicyclic) bond motifs is 1. The quantitative estimate of drug-likeness (QED) is 0.776. The molecule has 2 spiro atoms. The highest BCUT2D eigenvalue weighted by molar-refractivity contribution is 5.87. The van der Waals surface area contributed by atoms with E-state index in [1.54, 1.807) is 12.4 Å². The summed E-state index contributed by atoms with van der Waals surface area (Å²) < 4.78 is 0. The van der Waals surface area contributed by atoms with Gasteiger partial charge in [-0.3, -0.25) is 14.7 Å². The third kappa shape index (κ3) is 3.07. The minimum atomic E-state index is -0.306. The van der Waals surface area contributed by atoms with Crippen LogP contribution in [0.2, 0.25) is 0 Å². The maximum absolute atomic E-state index is 13.6. The van der Waals surface area contributed by atoms with Gasteiger partial charge < -0.3 is 9.80 Å². The van der Waals surface area contributed by atoms with E-state index in [9.17, 15) is 4.79 Å². The molecule has 3 aliphatic heterocycles. The van der Waals surface area contributed by atoms with Gasteiger partial charge in [-0.15, -0.1) is 0 Å². The summed E-state index contributed by atoms with van der Waals surface area (Å²) in [6.45, 7) is 8.26. The summed E-state index contributed by atoms with van der Waals surface area (Å²) >= 11 is 0. The van der Waals surface area contributed by atoms with Crippen molar-refractivity contribution in [1.82, 2.24) is 24.8 Å². The Morgan fingerprint density at radius 3 is 2.37 bits per heavy atom. The summed E-state index contributed by atoms with van der Waals surface area (Å²) in [5, 5.41) is 0. The van der Waals surface area contributed by atoms with Crippen molar-refractivity contribution in [1.29, 1.82) is 0 Å². The van der Waals surface area contributed by atoms with Gasteiger partial charge in [-0.2, -0.15) is 0 Å². The van der Waals surface area contributed by atoms with Gasteiger partial charge in [0.05, 0.1) is 11.1 Å². The number of aromatic nitrogens is 3. The van der Waals surface area contributed by atoms with Gasteiger partial charge in [0, 0.05) is 56.7 Å². The molecule has 2 aromatic rings. The molecular formula is C23H30N6O. The molecule has 5 rings (SSSR count). The van der Waals surface area contributed by atoms with Crippen LogP contribution in [-0.4, -0.2) is 69.9 Å². The summed E-state index contributed by atoms with van der Waals surface area (Å²) in [5.74, 6) is 1.11. The number of likely N-dealkylation sites (tertiary alicyclic amines) is 2. The van der Waals surface area contributed by atoms with Crippen molar-refractivity contribution < 1.29 is 4.79 Å². The number of anilines is 1. The maximum atomic E-state index is 13.6. The number of carbonyl (C=O) groups is 1. The van der Waals surface area contributed by atoms with Gasteiger partial charge in [-0.05, 0) is 57.5 Å². The number of piperidine rings is 1. The average molecular weight is 407 g/mol. The van der Waals surface area contributed by atoms with Crippen molar-refractivity contribution in [3.05, 3.63) is 48.5 Å². The predicted molar refractivity (Wildman–Crippen MR) is 115 cm³/mol. The standard InChI is InChI=1S/C23H30N6O/c1-2-28-15-9-23(20(28)30)18-29(21-25-11-5-12-26-21)17-22(23)7-13-27(14-8-22)16-19-6-3-4-10-24-19/h3-6,10-12H,2,7-9,13-18H2,1H3. The van der Waals surface area contributed by atoms with Crippen LogP contribution in [-0.2, 0) is 11.3 Å². The zero-order chi connectivity index (χ0) is 20.6. The summed E-state index contributed by atoms with van der Waals surface area (Å²) in [4.78, 5) is 33.9. The topological polar surface area (TPSA) is 65.5 Å². The maximum Gasteiger partial charge on any atom is 0.231 e. The molecule has 7 nitrogen and oxygen atoms in total. The lowest BCUT2D eigenvalue weighted by molar-refractivity contribution is -0.142. The second kappa shape index (κ2) is 7.61. The minimum absolute atomic E-state index is 0.00613. The molecule has 1 unspecified atom stereocenters. The molecule has 0 bridgehead atoms. The van der Waals surface area contributed by atoms with Crippen LogP contribution in [0.5, 0.6) is 0 Å². The SMILES string of the molecule is CCN1CCC2(CN(c3ncccn3)CC23CCN(Cc2ccccn2)CC3)C1=O. The largest absolute Gasteiger partial charge is 0.342 e. The monoisotopic (exact) mass is 406 g/mol. The Morgan fingerprint density at radius 1 is 0.933 bits per heavy atom. The van der Waals surface area contributed by atoms with Gasteiger partial charge in [0.25, 0.3) is 0 Å². The first-order valence-electron chi connectivity index (χ1n) is 11.1. The molecule has 0 aromatic carbocycles. The number of carbonyl (C=O) groups excluding carboxylic acids is 1. The number of hydrogen-bond acceptors (Lipinski definition) is 6. The van der Waals surface area contributed by atoms with E-state index in [2.05, 4.69) is 42.6 Å². The molecule has 5 heterocycles. The van der Waals surface area contributed by atoms with Crippen molar-refractivity contribution >= 4 is 11.9 Å². The summed E-state index contributed by atoms with van der Waals surface area (Å²) in [5.41, 5.74) is 0.802. The zero-order valence-corrected chi connectivity index (χ0v) is 17.7. The number of rotatable bonds is 4. The molecular weight excluding hydrogens is 376 g/mol. The molecule has 3 aliphatic rings. The second-order valence-corrected chi connectivity index (χ2v) is 9.00. The van der Waals surface area contributed by atoms with Crippen LogP contribution in [0.4, 0.5) is 5.95 Å². The normalized spacial score (nSPS) is 26.2. The summed E-state index contributed by atoms with van der Waals surface area (Å²) in [7, 11) is 0. The molecule has 2 aromatic heterocycles. The number of hydrogen-bond donors (Lipinski definition) is 0. The van der Waals surface area contributed by atoms with E-state index in [1.807, 2.05) is 24.4 Å². The van der Waals surface area contributed by atoms with Gasteiger partial charge in [0.2, 0.25) is 11.9 Å². The third-order valence-electron chi connectivity index (χ3n) is 7.62. The van der Waals surface area contributed by atoms with Gasteiger partial charge in [-0.25, -0.2) is 9.97 Å². The van der Waals surface area contributed by atoms with Crippen LogP contribution in [0, 0.1) is 10.8 Å². The Hall–Kier alpha value is -2.54. The van der Waals surface area contributed by atoms with Crippen molar-refractivity contribution in [3.8, 4) is 0 Å². The molecule has 0 N–H and O–H groups in total. The van der Waals surface area contributed by atoms with Crippen molar-refractivity contribution in [2.75, 3.05) is 44.2 Å². The van der Waals surface area contributed by atoms with Crippen LogP contribution < -0.4 is 4.90 Å². The summed E-state index contributed by atoms with van der Waals surface area (Å²) in [6.07, 6.45) is 8.47. The van der Waals surface area contributed by atoms with E-state index < -0.39 is 0 Å². The molecule has 3 fully saturated rings. The fraction of sp³-hybridized carbons (Fsp3) is 0.565. The molecule has 7 heteroatoms. The number of amides is 1. The van der Waals surface area contributed by atoms with Gasteiger partial charge >= 0.3 is 0 Å². The third-order valence-corrected chi connectivity index (χ3v) is 7.62. The van der Waals surface area contributed by atoms with E-state index in [1.165, 1.54) is 0 Å². The lowest BCUT2D eigenvalue weighted by atomic mass is 9.60. The Labute approximate surface area is 178 Å². The smallest absolute Gasteiger partial charge is 0.231 e. The van der Waals surface area contributed by atoms with Crippen molar-refractivity contribution in [2.24, 2.45) is 10.8 Å². The Morgan fingerprint density at radius 2 is 1.70 bits per heavy atom. The van der Waals surface area contributed by atoms with Gasteiger partial charge in [-0.1, -0.05) is 6.07 Å². The fourth-order valence-electron chi connectivity index (χ4n) is 5.94. The first kappa shape index (κ1) is 19.4. The lowest BCUT2D eigenvalue weighted by Crippen LogP contribution is -2.52. The van der Waals surface area contributed by atoms with Gasteiger partial charge in [0.1, 0.15) is 0 Å². The van der Waals surface area contributed by atoms with Gasteiger partial charge in [0.15, 0.2) is 0 Å². The Bertz CT molecular complexity index is 883. The molecule has 0 saturated carbocycles. The molecule has 30 heavy (non-hydrogen) atoms. The highest BCUT2D eigenvalue weighted by Gasteiger charge is 2.65. The first-order valence-corrected chi connectivity index (χ1v) is 11.1. The van der Waals surface area contributed by atoms with Crippen LogP contribution >= 0.6 is 0 Å². The Kier molecular flexibility index (Phi) is 4.93. The molecule has 0 radical (unpaired) electrons. The van der Waals surface area contributed by atoms with Crippen LogP contribution in [0.3, 0.4) is 0 Å². The molecule has 3 saturated heterocycles. The molecule has 158 valence electrons. The number of pyridine rings is 1. The highest BCUT2D eigenvalue weighted by atomic mass is 16.2. The van der Waals surface area contributed by atoms with E-state index in [0.29, 0.717) is 5.91 Å². The molecule has 1 amide bonds. The van der Waals surface area contributed by atoms with E-state index in [-0.39, 0.29) is 10.8 Å². The van der Waals surface area contributed by atoms with E-state index >= 15 is 0 Å². The predicted octanol–water partition coefficient (Wildman–Crippen LogP) is 2.21. The average Bonchev–Trinajstić information content (AvgIpc) is 3.29. The highest BCUT2D eigenvalue weighted by Crippen LogP contribution is 2.58. The van der Waals surface area contributed by atoms with Crippen LogP contribution in [0.25, 0.3) is 0 Å². The molecule has 0 aliphatic carbocycles. The van der Waals surface area contributed by atoms with E-state index in [0.717, 1.165) is 76.7 Å². The lowest BCUT2D eigenvalue weighted by Gasteiger charge is -2.46.